The quantitative estimate of drug-likeness (QED) is 0.321. The molecular formula is C27H35FN2O6. The summed E-state index contributed by atoms with van der Waals surface area (Å²) in [5, 5.41) is 0. The van der Waals surface area contributed by atoms with E-state index in [1.807, 2.05) is 4.90 Å². The number of methoxy groups -OCH3 is 1. The largest absolute Gasteiger partial charge is 0.482 e. The number of hydrogen-bond acceptors (Lipinski definition) is 7. The van der Waals surface area contributed by atoms with Crippen molar-refractivity contribution in [2.24, 2.45) is 0 Å². The lowest BCUT2D eigenvalue weighted by Crippen LogP contribution is -2.35. The number of esters is 1. The molecule has 196 valence electrons. The van der Waals surface area contributed by atoms with Crippen molar-refractivity contribution >= 4 is 11.9 Å². The lowest BCUT2D eigenvalue weighted by atomic mass is 10.1. The van der Waals surface area contributed by atoms with Crippen molar-refractivity contribution in [3.05, 3.63) is 64.0 Å². The van der Waals surface area contributed by atoms with E-state index >= 15 is 0 Å². The highest BCUT2D eigenvalue weighted by Gasteiger charge is 2.20. The van der Waals surface area contributed by atoms with Gasteiger partial charge >= 0.3 is 5.97 Å². The fourth-order valence-corrected chi connectivity index (χ4v) is 4.17. The number of carbonyl (C=O) groups is 2. The topological polar surface area (TPSA) is 89.3 Å². The van der Waals surface area contributed by atoms with Crippen LogP contribution in [0.3, 0.4) is 0 Å². The molecule has 1 amide bonds. The van der Waals surface area contributed by atoms with Crippen molar-refractivity contribution in [1.82, 2.24) is 9.80 Å². The van der Waals surface area contributed by atoms with Gasteiger partial charge in [-0.15, -0.1) is 0 Å². The predicted molar refractivity (Wildman–Crippen MR) is 132 cm³/mol. The highest BCUT2D eigenvalue weighted by atomic mass is 19.1. The Morgan fingerprint density at radius 1 is 1.03 bits per heavy atom. The third kappa shape index (κ3) is 9.11. The molecule has 36 heavy (non-hydrogen) atoms. The van der Waals surface area contributed by atoms with Crippen molar-refractivity contribution in [3.63, 3.8) is 0 Å². The number of benzene rings is 1. The zero-order valence-corrected chi connectivity index (χ0v) is 20.9. The van der Waals surface area contributed by atoms with Crippen molar-refractivity contribution in [1.29, 1.82) is 0 Å². The lowest BCUT2D eigenvalue weighted by molar-refractivity contribution is -0.140. The lowest BCUT2D eigenvalue weighted by Gasteiger charge is -2.21. The van der Waals surface area contributed by atoms with Gasteiger partial charge in [-0.05, 0) is 37.0 Å². The van der Waals surface area contributed by atoms with Gasteiger partial charge in [0.05, 0.1) is 13.7 Å². The summed E-state index contributed by atoms with van der Waals surface area (Å²) in [4.78, 5) is 40.3. The monoisotopic (exact) mass is 502 g/mol. The normalized spacial score (nSPS) is 14.3. The summed E-state index contributed by atoms with van der Waals surface area (Å²) in [5.41, 5.74) is 0.339. The van der Waals surface area contributed by atoms with Gasteiger partial charge < -0.3 is 18.8 Å². The van der Waals surface area contributed by atoms with Crippen LogP contribution >= 0.6 is 0 Å². The summed E-state index contributed by atoms with van der Waals surface area (Å²) in [7, 11) is 1.39. The van der Waals surface area contributed by atoms with Gasteiger partial charge in [0.15, 0.2) is 0 Å². The Morgan fingerprint density at radius 3 is 2.58 bits per heavy atom. The van der Waals surface area contributed by atoms with Crippen LogP contribution in [0, 0.1) is 5.82 Å². The molecule has 0 aliphatic carbocycles. The maximum Gasteiger partial charge on any atom is 0.305 e. The third-order valence-corrected chi connectivity index (χ3v) is 6.21. The van der Waals surface area contributed by atoms with Crippen molar-refractivity contribution in [2.45, 2.75) is 58.1 Å². The number of unbranched alkanes of at least 4 members (excludes halogenated alkanes) is 3. The number of halogens is 1. The summed E-state index contributed by atoms with van der Waals surface area (Å²) in [6.07, 6.45) is 6.54. The molecule has 0 N–H and O–H groups in total. The Balaban J connectivity index is 1.39. The Kier molecular flexibility index (Phi) is 10.9. The Morgan fingerprint density at radius 2 is 1.83 bits per heavy atom. The van der Waals surface area contributed by atoms with Crippen LogP contribution in [0.4, 0.5) is 4.39 Å². The molecule has 0 saturated carbocycles. The van der Waals surface area contributed by atoms with E-state index in [2.05, 4.69) is 9.64 Å². The molecule has 0 unspecified atom stereocenters. The van der Waals surface area contributed by atoms with Crippen molar-refractivity contribution in [2.75, 3.05) is 33.3 Å². The van der Waals surface area contributed by atoms with E-state index in [-0.39, 0.29) is 35.5 Å². The molecule has 9 heteroatoms. The number of nitrogens with zero attached hydrogens (tertiary/aromatic N) is 2. The summed E-state index contributed by atoms with van der Waals surface area (Å²) >= 11 is 0. The molecule has 0 bridgehead atoms. The first-order valence-electron chi connectivity index (χ1n) is 12.5. The molecule has 3 rings (SSSR count). The molecule has 8 nitrogen and oxygen atoms in total. The smallest absolute Gasteiger partial charge is 0.305 e. The zero-order chi connectivity index (χ0) is 25.8. The van der Waals surface area contributed by atoms with Crippen molar-refractivity contribution in [3.8, 4) is 5.75 Å². The minimum Gasteiger partial charge on any atom is -0.482 e. The Bertz CT molecular complexity index is 1060. The second-order valence-corrected chi connectivity index (χ2v) is 8.99. The van der Waals surface area contributed by atoms with Gasteiger partial charge in [-0.25, -0.2) is 4.39 Å². The maximum atomic E-state index is 13.3. The molecule has 0 atom stereocenters. The fraction of sp³-hybridized carbons (Fsp3) is 0.519. The summed E-state index contributed by atoms with van der Waals surface area (Å²) in [6.45, 7) is 3.41. The van der Waals surface area contributed by atoms with Crippen LogP contribution in [0.15, 0.2) is 45.8 Å². The van der Waals surface area contributed by atoms with Crippen LogP contribution in [-0.4, -0.2) is 55.0 Å². The van der Waals surface area contributed by atoms with E-state index in [0.29, 0.717) is 50.3 Å². The molecule has 1 aromatic carbocycles. The van der Waals surface area contributed by atoms with Crippen LogP contribution in [0.5, 0.6) is 5.75 Å². The van der Waals surface area contributed by atoms with Gasteiger partial charge in [0.25, 0.3) is 0 Å². The van der Waals surface area contributed by atoms with Crippen LogP contribution in [-0.2, 0) is 27.5 Å². The molecular weight excluding hydrogens is 467 g/mol. The maximum absolute atomic E-state index is 13.3. The van der Waals surface area contributed by atoms with Gasteiger partial charge in [0, 0.05) is 45.1 Å². The predicted octanol–water partition coefficient (Wildman–Crippen LogP) is 3.91. The summed E-state index contributed by atoms with van der Waals surface area (Å²) in [5.74, 6) is 0.232. The number of ether oxygens (including phenoxy) is 2. The number of rotatable bonds is 12. The zero-order valence-electron chi connectivity index (χ0n) is 20.9. The first-order valence-corrected chi connectivity index (χ1v) is 12.5. The van der Waals surface area contributed by atoms with Crippen LogP contribution in [0.2, 0.25) is 0 Å². The SMILES string of the molecule is COC(=O)CCCCCCC(=O)N1CCCN(Cc2cc(=O)c(OCc3cccc(F)c3)co2)CC1. The van der Waals surface area contributed by atoms with Crippen LogP contribution in [0.1, 0.15) is 56.3 Å². The Hall–Kier alpha value is -3.20. The summed E-state index contributed by atoms with van der Waals surface area (Å²) < 4.78 is 29.1. The van der Waals surface area contributed by atoms with Gasteiger partial charge in [0.2, 0.25) is 17.1 Å². The van der Waals surface area contributed by atoms with Gasteiger partial charge in [-0.2, -0.15) is 0 Å². The van der Waals surface area contributed by atoms with Gasteiger partial charge in [0.1, 0.15) is 24.4 Å². The second-order valence-electron chi connectivity index (χ2n) is 8.99. The number of amides is 1. The molecule has 0 radical (unpaired) electrons. The molecule has 2 aromatic rings. The Labute approximate surface area is 211 Å². The molecule has 1 fully saturated rings. The van der Waals surface area contributed by atoms with E-state index in [4.69, 9.17) is 9.15 Å². The molecule has 1 saturated heterocycles. The first-order chi connectivity index (χ1) is 17.4. The standard InChI is InChI=1S/C27H35FN2O6/c1-34-27(33)11-5-3-2-4-10-26(32)30-13-7-12-29(14-15-30)18-23-17-24(31)25(20-35-23)36-19-21-8-6-9-22(28)16-21/h6,8-9,16-17,20H,2-5,7,10-15,18-19H2,1H3. The minimum atomic E-state index is -0.358. The molecule has 1 aromatic heterocycles. The average Bonchev–Trinajstić information content (AvgIpc) is 3.11. The van der Waals surface area contributed by atoms with E-state index < -0.39 is 0 Å². The molecule has 1 aliphatic rings. The minimum absolute atomic E-state index is 0.0747. The second kappa shape index (κ2) is 14.4. The van der Waals surface area contributed by atoms with E-state index in [0.717, 1.165) is 38.6 Å². The number of carbonyl (C=O) groups excluding carboxylic acids is 2. The van der Waals surface area contributed by atoms with Crippen LogP contribution in [0.25, 0.3) is 0 Å². The number of hydrogen-bond donors (Lipinski definition) is 0. The molecule has 0 spiro atoms. The first kappa shape index (κ1) is 27.4. The van der Waals surface area contributed by atoms with E-state index in [1.165, 1.54) is 31.6 Å². The highest BCUT2D eigenvalue weighted by molar-refractivity contribution is 5.76. The fourth-order valence-electron chi connectivity index (χ4n) is 4.17. The molecule has 1 aliphatic heterocycles. The summed E-state index contributed by atoms with van der Waals surface area (Å²) in [6, 6.07) is 7.44. The highest BCUT2D eigenvalue weighted by Crippen LogP contribution is 2.14. The van der Waals surface area contributed by atoms with Gasteiger partial charge in [-0.3, -0.25) is 19.3 Å². The van der Waals surface area contributed by atoms with E-state index in [9.17, 15) is 18.8 Å². The van der Waals surface area contributed by atoms with E-state index in [1.54, 1.807) is 12.1 Å². The van der Waals surface area contributed by atoms with Crippen LogP contribution < -0.4 is 10.2 Å². The average molecular weight is 503 g/mol. The van der Waals surface area contributed by atoms with Gasteiger partial charge in [-0.1, -0.05) is 25.0 Å². The van der Waals surface area contributed by atoms with Crippen molar-refractivity contribution < 1.29 is 27.9 Å². The molecule has 2 heterocycles. The third-order valence-electron chi connectivity index (χ3n) is 6.21.